The first-order chi connectivity index (χ1) is 8.28. The second-order valence-corrected chi connectivity index (χ2v) is 4.24. The predicted molar refractivity (Wildman–Crippen MR) is 64.8 cm³/mol. The van der Waals surface area contributed by atoms with Gasteiger partial charge in [-0.2, -0.15) is 5.26 Å². The summed E-state index contributed by atoms with van der Waals surface area (Å²) in [4.78, 5) is 2.13. The van der Waals surface area contributed by atoms with Gasteiger partial charge in [0.2, 0.25) is 0 Å². The Morgan fingerprint density at radius 2 is 2.18 bits per heavy atom. The van der Waals surface area contributed by atoms with E-state index in [1.54, 1.807) is 19.2 Å². The molecule has 1 heterocycles. The Morgan fingerprint density at radius 1 is 1.47 bits per heavy atom. The lowest BCUT2D eigenvalue weighted by atomic mass is 10.2. The van der Waals surface area contributed by atoms with E-state index in [0.29, 0.717) is 5.56 Å². The molecular formula is C13H16N2O2. The summed E-state index contributed by atoms with van der Waals surface area (Å²) in [6, 6.07) is 9.62. The lowest BCUT2D eigenvalue weighted by Gasteiger charge is -2.24. The molecule has 0 aliphatic carbocycles. The fraction of sp³-hybridized carbons (Fsp3) is 0.462. The lowest BCUT2D eigenvalue weighted by molar-refractivity contribution is 0.115. The van der Waals surface area contributed by atoms with Gasteiger partial charge in [0, 0.05) is 19.3 Å². The smallest absolute Gasteiger partial charge is 0.0991 e. The topological polar surface area (TPSA) is 56.5 Å². The Labute approximate surface area is 101 Å². The maximum Gasteiger partial charge on any atom is 0.0991 e. The van der Waals surface area contributed by atoms with E-state index in [4.69, 9.17) is 10.00 Å². The third kappa shape index (κ3) is 2.41. The van der Waals surface area contributed by atoms with Gasteiger partial charge in [-0.05, 0) is 30.7 Å². The molecule has 0 radical (unpaired) electrons. The van der Waals surface area contributed by atoms with Gasteiger partial charge >= 0.3 is 0 Å². The van der Waals surface area contributed by atoms with Crippen LogP contribution < -0.4 is 4.90 Å². The minimum atomic E-state index is 0.105. The van der Waals surface area contributed by atoms with E-state index in [2.05, 4.69) is 11.0 Å². The van der Waals surface area contributed by atoms with Crippen LogP contribution in [-0.4, -0.2) is 37.5 Å². The minimum Gasteiger partial charge on any atom is -0.394 e. The van der Waals surface area contributed by atoms with Crippen molar-refractivity contribution in [2.75, 3.05) is 25.2 Å². The predicted octanol–water partition coefficient (Wildman–Crippen LogP) is 1.14. The number of nitrogens with zero attached hydrogens (tertiary/aromatic N) is 2. The first-order valence-electron chi connectivity index (χ1n) is 5.69. The zero-order chi connectivity index (χ0) is 12.3. The van der Waals surface area contributed by atoms with E-state index >= 15 is 0 Å². The van der Waals surface area contributed by atoms with Crippen LogP contribution in [-0.2, 0) is 4.74 Å². The Kier molecular flexibility index (Phi) is 3.62. The molecule has 1 aromatic carbocycles. The summed E-state index contributed by atoms with van der Waals surface area (Å²) in [7, 11) is 1.70. The molecular weight excluding hydrogens is 216 g/mol. The summed E-state index contributed by atoms with van der Waals surface area (Å²) < 4.78 is 5.33. The molecule has 0 bridgehead atoms. The number of benzene rings is 1. The first kappa shape index (κ1) is 11.9. The molecule has 1 fully saturated rings. The van der Waals surface area contributed by atoms with Crippen LogP contribution in [0.15, 0.2) is 24.3 Å². The van der Waals surface area contributed by atoms with E-state index in [1.165, 1.54) is 0 Å². The number of anilines is 1. The lowest BCUT2D eigenvalue weighted by Crippen LogP contribution is -2.32. The molecule has 1 aliphatic rings. The summed E-state index contributed by atoms with van der Waals surface area (Å²) in [6.07, 6.45) is 1.01. The van der Waals surface area contributed by atoms with Gasteiger partial charge in [0.05, 0.1) is 30.4 Å². The number of ether oxygens (including phenoxy) is 1. The quantitative estimate of drug-likeness (QED) is 0.849. The number of hydrogen-bond acceptors (Lipinski definition) is 4. The van der Waals surface area contributed by atoms with Gasteiger partial charge in [-0.1, -0.05) is 0 Å². The van der Waals surface area contributed by atoms with Crippen LogP contribution in [0.1, 0.15) is 12.0 Å². The third-order valence-corrected chi connectivity index (χ3v) is 3.25. The van der Waals surface area contributed by atoms with Crippen molar-refractivity contribution in [2.45, 2.75) is 18.6 Å². The molecule has 0 aromatic heterocycles. The Balaban J connectivity index is 2.17. The number of methoxy groups -OCH3 is 1. The molecule has 4 nitrogen and oxygen atoms in total. The maximum atomic E-state index is 9.36. The van der Waals surface area contributed by atoms with Crippen molar-refractivity contribution in [3.8, 4) is 6.07 Å². The number of rotatable bonds is 3. The van der Waals surface area contributed by atoms with Crippen molar-refractivity contribution in [2.24, 2.45) is 0 Å². The Hall–Kier alpha value is -1.57. The van der Waals surface area contributed by atoms with Gasteiger partial charge in [-0.25, -0.2) is 0 Å². The molecule has 17 heavy (non-hydrogen) atoms. The first-order valence-corrected chi connectivity index (χ1v) is 5.69. The fourth-order valence-corrected chi connectivity index (χ4v) is 2.26. The molecule has 0 unspecified atom stereocenters. The molecule has 0 amide bonds. The number of aliphatic hydroxyl groups is 1. The molecule has 1 aromatic rings. The van der Waals surface area contributed by atoms with Crippen molar-refractivity contribution < 1.29 is 9.84 Å². The van der Waals surface area contributed by atoms with Crippen LogP contribution in [0.2, 0.25) is 0 Å². The second-order valence-electron chi connectivity index (χ2n) is 4.24. The van der Waals surface area contributed by atoms with Crippen LogP contribution >= 0.6 is 0 Å². The molecule has 90 valence electrons. The summed E-state index contributed by atoms with van der Waals surface area (Å²) in [5, 5.41) is 18.1. The third-order valence-electron chi connectivity index (χ3n) is 3.25. The SMILES string of the molecule is CO[C@@H]1C[C@@H](CO)N(c2ccc(C#N)cc2)C1. The van der Waals surface area contributed by atoms with Crippen molar-refractivity contribution in [3.05, 3.63) is 29.8 Å². The number of aliphatic hydroxyl groups excluding tert-OH is 1. The fourth-order valence-electron chi connectivity index (χ4n) is 2.26. The van der Waals surface area contributed by atoms with Crippen LogP contribution in [0.5, 0.6) is 0 Å². The molecule has 4 heteroatoms. The van der Waals surface area contributed by atoms with Crippen molar-refractivity contribution in [1.82, 2.24) is 0 Å². The van der Waals surface area contributed by atoms with Gasteiger partial charge in [0.25, 0.3) is 0 Å². The van der Waals surface area contributed by atoms with Gasteiger partial charge in [-0.3, -0.25) is 0 Å². The van der Waals surface area contributed by atoms with Gasteiger partial charge in [0.1, 0.15) is 0 Å². The highest BCUT2D eigenvalue weighted by Gasteiger charge is 2.31. The molecule has 1 saturated heterocycles. The normalized spacial score (nSPS) is 23.7. The van der Waals surface area contributed by atoms with Crippen molar-refractivity contribution in [1.29, 1.82) is 5.26 Å². The highest BCUT2D eigenvalue weighted by Crippen LogP contribution is 2.26. The molecule has 2 rings (SSSR count). The van der Waals surface area contributed by atoms with E-state index < -0.39 is 0 Å². The highest BCUT2D eigenvalue weighted by atomic mass is 16.5. The zero-order valence-corrected chi connectivity index (χ0v) is 9.84. The number of hydrogen-bond donors (Lipinski definition) is 1. The molecule has 1 aliphatic heterocycles. The van der Waals surface area contributed by atoms with E-state index in [1.807, 2.05) is 12.1 Å². The Morgan fingerprint density at radius 3 is 2.71 bits per heavy atom. The zero-order valence-electron chi connectivity index (χ0n) is 9.84. The van der Waals surface area contributed by atoms with Crippen LogP contribution in [0.3, 0.4) is 0 Å². The van der Waals surface area contributed by atoms with Gasteiger partial charge in [-0.15, -0.1) is 0 Å². The molecule has 1 N–H and O–H groups in total. The van der Waals surface area contributed by atoms with Gasteiger partial charge < -0.3 is 14.7 Å². The molecule has 2 atom stereocenters. The Bertz CT molecular complexity index is 410. The van der Waals surface area contributed by atoms with E-state index in [0.717, 1.165) is 18.7 Å². The largest absolute Gasteiger partial charge is 0.394 e. The van der Waals surface area contributed by atoms with Crippen molar-refractivity contribution >= 4 is 5.69 Å². The highest BCUT2D eigenvalue weighted by molar-refractivity contribution is 5.51. The molecule has 0 spiro atoms. The average molecular weight is 232 g/mol. The number of nitriles is 1. The summed E-state index contributed by atoms with van der Waals surface area (Å²) >= 11 is 0. The second kappa shape index (κ2) is 5.17. The maximum absolute atomic E-state index is 9.36. The summed E-state index contributed by atoms with van der Waals surface area (Å²) in [5.74, 6) is 0. The summed E-state index contributed by atoms with van der Waals surface area (Å²) in [6.45, 7) is 0.910. The standard InChI is InChI=1S/C13H16N2O2/c1-17-13-6-12(9-16)15(8-13)11-4-2-10(7-14)3-5-11/h2-5,12-13,16H,6,8-9H2,1H3/t12-,13+/m0/s1. The van der Waals surface area contributed by atoms with E-state index in [-0.39, 0.29) is 18.8 Å². The van der Waals surface area contributed by atoms with Gasteiger partial charge in [0.15, 0.2) is 0 Å². The average Bonchev–Trinajstić information content (AvgIpc) is 2.82. The monoisotopic (exact) mass is 232 g/mol. The minimum absolute atomic E-state index is 0.105. The van der Waals surface area contributed by atoms with Crippen LogP contribution in [0.25, 0.3) is 0 Å². The van der Waals surface area contributed by atoms with Crippen LogP contribution in [0.4, 0.5) is 5.69 Å². The van der Waals surface area contributed by atoms with Crippen LogP contribution in [0, 0.1) is 11.3 Å². The summed E-state index contributed by atoms with van der Waals surface area (Å²) in [5.41, 5.74) is 1.68. The molecule has 0 saturated carbocycles. The van der Waals surface area contributed by atoms with E-state index in [9.17, 15) is 5.11 Å². The van der Waals surface area contributed by atoms with Crippen molar-refractivity contribution in [3.63, 3.8) is 0 Å².